The Bertz CT molecular complexity index is 696. The number of likely N-dealkylation sites (tertiary alicyclic amines) is 1. The Hall–Kier alpha value is 0.0500. The van der Waals surface area contributed by atoms with Crippen molar-refractivity contribution in [3.63, 3.8) is 0 Å². The van der Waals surface area contributed by atoms with Crippen LogP contribution < -0.4 is 0 Å². The molecule has 166 valence electrons. The summed E-state index contributed by atoms with van der Waals surface area (Å²) in [5.74, 6) is 0.622. The number of likely N-dealkylation sites (N-methyl/N-ethyl adjacent to an activating group) is 1. The van der Waals surface area contributed by atoms with Gasteiger partial charge < -0.3 is 24.8 Å². The monoisotopic (exact) mass is 429 g/mol. The molecule has 5 saturated carbocycles. The Labute approximate surface area is 179 Å². The average molecular weight is 430 g/mol. The van der Waals surface area contributed by atoms with Crippen LogP contribution in [0.4, 0.5) is 0 Å². The van der Waals surface area contributed by atoms with E-state index < -0.39 is 17.3 Å². The summed E-state index contributed by atoms with van der Waals surface area (Å²) in [4.78, 5) is 2.40. The molecule has 1 spiro atoms. The third kappa shape index (κ3) is 2.06. The van der Waals surface area contributed by atoms with Gasteiger partial charge in [-0.25, -0.2) is 0 Å². The van der Waals surface area contributed by atoms with E-state index >= 15 is 0 Å². The summed E-state index contributed by atoms with van der Waals surface area (Å²) in [6.45, 7) is 3.69. The number of hydrogen-bond acceptors (Lipinski definition) is 6. The maximum atomic E-state index is 12.3. The number of piperidine rings is 1. The van der Waals surface area contributed by atoms with Crippen molar-refractivity contribution in [3.8, 4) is 0 Å². The number of ether oxygens (including phenoxy) is 2. The first-order valence-electron chi connectivity index (χ1n) is 11.3. The van der Waals surface area contributed by atoms with Gasteiger partial charge >= 0.3 is 0 Å². The molecule has 3 unspecified atom stereocenters. The van der Waals surface area contributed by atoms with Gasteiger partial charge in [0.1, 0.15) is 0 Å². The number of β-amino-alcohol motifs (C(OH)–C–C–N with tert-alkyl or cyclic N) is 1. The lowest BCUT2D eigenvalue weighted by atomic mass is 9.45. The van der Waals surface area contributed by atoms with Crippen LogP contribution in [0.2, 0.25) is 0 Å². The van der Waals surface area contributed by atoms with Gasteiger partial charge in [-0.1, -0.05) is 6.92 Å². The predicted molar refractivity (Wildman–Crippen MR) is 109 cm³/mol. The fourth-order valence-electron chi connectivity index (χ4n) is 9.96. The van der Waals surface area contributed by atoms with Gasteiger partial charge in [0, 0.05) is 56.4 Å². The Kier molecular flexibility index (Phi) is 4.55. The molecule has 5 aliphatic carbocycles. The second-order valence-electron chi connectivity index (χ2n) is 10.8. The van der Waals surface area contributed by atoms with Crippen molar-refractivity contribution in [1.29, 1.82) is 0 Å². The molecule has 6 aliphatic rings. The largest absolute Gasteiger partial charge is 0.392 e. The highest BCUT2D eigenvalue weighted by Crippen LogP contribution is 2.77. The van der Waals surface area contributed by atoms with Crippen LogP contribution in [0, 0.1) is 35.0 Å². The summed E-state index contributed by atoms with van der Waals surface area (Å²) in [6.07, 6.45) is 3.31. The van der Waals surface area contributed by atoms with Gasteiger partial charge in [0.05, 0.1) is 29.5 Å². The molecule has 29 heavy (non-hydrogen) atoms. The molecule has 6 rings (SSSR count). The van der Waals surface area contributed by atoms with Crippen LogP contribution in [0.5, 0.6) is 0 Å². The minimum absolute atomic E-state index is 0. The van der Waals surface area contributed by atoms with E-state index in [9.17, 15) is 15.3 Å². The van der Waals surface area contributed by atoms with E-state index in [1.807, 2.05) is 0 Å². The van der Waals surface area contributed by atoms with Gasteiger partial charge in [-0.15, -0.1) is 12.4 Å². The number of fused-ring (bicyclic) bond motifs is 2. The maximum absolute atomic E-state index is 12.3. The van der Waals surface area contributed by atoms with Gasteiger partial charge in [0.25, 0.3) is 0 Å². The molecule has 0 amide bonds. The second kappa shape index (κ2) is 6.31. The molecule has 6 fully saturated rings. The van der Waals surface area contributed by atoms with E-state index in [0.717, 1.165) is 19.4 Å². The molecule has 1 aliphatic heterocycles. The van der Waals surface area contributed by atoms with Crippen molar-refractivity contribution in [1.82, 2.24) is 4.90 Å². The lowest BCUT2D eigenvalue weighted by Gasteiger charge is -2.68. The van der Waals surface area contributed by atoms with Crippen LogP contribution in [0.15, 0.2) is 0 Å². The number of rotatable bonds is 3. The SMILES string of the molecule is CCN1C[C@]2(O)CC[C@H](O)C34[C@@H]5C[C@@H]6[C@@H](OC)C[C@@](O)(C5[C@H]6OC)C(C[C@@H]32)[C@H]14.Cl. The summed E-state index contributed by atoms with van der Waals surface area (Å²) in [7, 11) is 3.52. The van der Waals surface area contributed by atoms with Crippen molar-refractivity contribution in [2.75, 3.05) is 27.3 Å². The number of nitrogens with zero attached hydrogens (tertiary/aromatic N) is 1. The van der Waals surface area contributed by atoms with Crippen LogP contribution >= 0.6 is 12.4 Å². The number of hydrogen-bond donors (Lipinski definition) is 3. The van der Waals surface area contributed by atoms with Crippen molar-refractivity contribution < 1.29 is 24.8 Å². The summed E-state index contributed by atoms with van der Waals surface area (Å²) >= 11 is 0. The number of halogens is 1. The average Bonchev–Trinajstić information content (AvgIpc) is 3.16. The molecule has 0 aromatic heterocycles. The number of methoxy groups -OCH3 is 2. The first-order chi connectivity index (χ1) is 13.4. The van der Waals surface area contributed by atoms with Crippen molar-refractivity contribution in [3.05, 3.63) is 0 Å². The Morgan fingerprint density at radius 2 is 1.86 bits per heavy atom. The van der Waals surface area contributed by atoms with Crippen LogP contribution in [-0.4, -0.2) is 83.1 Å². The molecule has 3 N–H and O–H groups in total. The predicted octanol–water partition coefficient (Wildman–Crippen LogP) is 1.05. The van der Waals surface area contributed by atoms with Crippen molar-refractivity contribution in [2.24, 2.45) is 35.0 Å². The number of aliphatic hydroxyl groups is 3. The van der Waals surface area contributed by atoms with E-state index in [1.54, 1.807) is 14.2 Å². The zero-order valence-corrected chi connectivity index (χ0v) is 18.5. The van der Waals surface area contributed by atoms with Crippen molar-refractivity contribution >= 4 is 12.4 Å². The van der Waals surface area contributed by atoms with Crippen LogP contribution in [0.1, 0.15) is 39.0 Å². The van der Waals surface area contributed by atoms with Gasteiger partial charge in [-0.05, 0) is 44.1 Å². The Morgan fingerprint density at radius 1 is 1.10 bits per heavy atom. The lowest BCUT2D eigenvalue weighted by Crippen LogP contribution is -2.77. The standard InChI is InChI=1S/C22H35NO5.ClH/c1-4-23-10-20(25)6-5-16(24)22-12-7-11-14(27-2)9-21(26,17(12)18(11)28-3)13(19(22)23)8-15(20)22;/h11-19,24-26H,4-10H2,1-3H3;1H/t11-,12-,13?,14+,15-,16+,17?,18+,19+,20-,21+,22?;/m1./s1. The molecule has 12 atom stereocenters. The zero-order chi connectivity index (χ0) is 19.6. The molecular formula is C22H36ClNO5. The minimum Gasteiger partial charge on any atom is -0.392 e. The summed E-state index contributed by atoms with van der Waals surface area (Å²) in [6, 6.07) is 0.149. The molecule has 0 aromatic rings. The topological polar surface area (TPSA) is 82.4 Å². The van der Waals surface area contributed by atoms with E-state index in [1.165, 1.54) is 0 Å². The van der Waals surface area contributed by atoms with E-state index in [4.69, 9.17) is 9.47 Å². The fraction of sp³-hybridized carbons (Fsp3) is 1.00. The highest BCUT2D eigenvalue weighted by Gasteiger charge is 2.83. The smallest absolute Gasteiger partial charge is 0.0810 e. The lowest BCUT2D eigenvalue weighted by molar-refractivity contribution is -0.281. The molecular weight excluding hydrogens is 394 g/mol. The first kappa shape index (κ1) is 20.9. The normalized spacial score (nSPS) is 62.1. The van der Waals surface area contributed by atoms with E-state index in [0.29, 0.717) is 25.8 Å². The highest BCUT2D eigenvalue weighted by atomic mass is 35.5. The minimum atomic E-state index is -0.843. The summed E-state index contributed by atoms with van der Waals surface area (Å²) in [5.41, 5.74) is -1.90. The molecule has 0 aromatic carbocycles. The molecule has 6 nitrogen and oxygen atoms in total. The van der Waals surface area contributed by atoms with Gasteiger partial charge in [0.2, 0.25) is 0 Å². The number of aliphatic hydroxyl groups excluding tert-OH is 1. The van der Waals surface area contributed by atoms with Gasteiger partial charge in [0.15, 0.2) is 0 Å². The van der Waals surface area contributed by atoms with Crippen molar-refractivity contribution in [2.45, 2.75) is 74.6 Å². The highest BCUT2D eigenvalue weighted by molar-refractivity contribution is 5.85. The molecule has 7 bridgehead atoms. The second-order valence-corrected chi connectivity index (χ2v) is 10.8. The Morgan fingerprint density at radius 3 is 2.52 bits per heavy atom. The van der Waals surface area contributed by atoms with Crippen LogP contribution in [0.3, 0.4) is 0 Å². The van der Waals surface area contributed by atoms with Crippen LogP contribution in [0.25, 0.3) is 0 Å². The molecule has 7 heteroatoms. The fourth-order valence-corrected chi connectivity index (χ4v) is 9.96. The third-order valence-corrected chi connectivity index (χ3v) is 10.5. The Balaban J connectivity index is 0.00000181. The maximum Gasteiger partial charge on any atom is 0.0810 e. The molecule has 0 radical (unpaired) electrons. The van der Waals surface area contributed by atoms with Gasteiger partial charge in [-0.3, -0.25) is 4.90 Å². The summed E-state index contributed by atoms with van der Waals surface area (Å²) < 4.78 is 11.9. The summed E-state index contributed by atoms with van der Waals surface area (Å²) in [5, 5.41) is 35.6. The zero-order valence-electron chi connectivity index (χ0n) is 17.7. The quantitative estimate of drug-likeness (QED) is 0.622. The molecule has 1 saturated heterocycles. The molecule has 1 heterocycles. The third-order valence-electron chi connectivity index (χ3n) is 10.5. The van der Waals surface area contributed by atoms with Crippen LogP contribution in [-0.2, 0) is 9.47 Å². The first-order valence-corrected chi connectivity index (χ1v) is 11.3. The van der Waals surface area contributed by atoms with Gasteiger partial charge in [-0.2, -0.15) is 0 Å². The van der Waals surface area contributed by atoms with E-state index in [2.05, 4.69) is 11.8 Å². The van der Waals surface area contributed by atoms with E-state index in [-0.39, 0.29) is 65.7 Å².